The van der Waals surface area contributed by atoms with Crippen LogP contribution in [0.1, 0.15) is 43.7 Å². The van der Waals surface area contributed by atoms with Crippen molar-refractivity contribution < 1.29 is 32.0 Å². The molecule has 180 valence electrons. The molecule has 0 spiro atoms. The first-order valence-electron chi connectivity index (χ1n) is 10.8. The van der Waals surface area contributed by atoms with Gasteiger partial charge in [-0.05, 0) is 44.0 Å². The van der Waals surface area contributed by atoms with Gasteiger partial charge in [-0.3, -0.25) is 14.7 Å². The average Bonchev–Trinajstić information content (AvgIpc) is 3.33. The van der Waals surface area contributed by atoms with Gasteiger partial charge in [0.1, 0.15) is 11.3 Å². The maximum Gasteiger partial charge on any atom is 0.453 e. The lowest BCUT2D eigenvalue weighted by Crippen LogP contribution is -2.41. The highest BCUT2D eigenvalue weighted by molar-refractivity contribution is 6.06. The van der Waals surface area contributed by atoms with E-state index < -0.39 is 29.4 Å². The van der Waals surface area contributed by atoms with E-state index in [0.29, 0.717) is 36.3 Å². The summed E-state index contributed by atoms with van der Waals surface area (Å²) in [4.78, 5) is 30.6. The third-order valence-electron chi connectivity index (χ3n) is 5.71. The molecular formula is C23H23F3N4O4. The molecule has 1 aromatic carbocycles. The van der Waals surface area contributed by atoms with Gasteiger partial charge in [-0.2, -0.15) is 13.2 Å². The molecule has 1 fully saturated rings. The number of amides is 3. The molecule has 1 aliphatic rings. The topological polar surface area (TPSA) is 97.6 Å². The largest absolute Gasteiger partial charge is 0.493 e. The number of hydrogen-bond donors (Lipinski definition) is 1. The molecule has 3 aromatic rings. The van der Waals surface area contributed by atoms with Gasteiger partial charge in [0.15, 0.2) is 5.54 Å². The first-order chi connectivity index (χ1) is 16.2. The molecule has 0 saturated carbocycles. The minimum atomic E-state index is -4.65. The normalized spacial score (nSPS) is 18.6. The lowest BCUT2D eigenvalue weighted by molar-refractivity contribution is -0.154. The molecule has 1 unspecified atom stereocenters. The molecule has 8 nitrogen and oxygen atoms in total. The van der Waals surface area contributed by atoms with Crippen LogP contribution in [-0.4, -0.2) is 40.1 Å². The van der Waals surface area contributed by atoms with Crippen molar-refractivity contribution in [2.45, 2.75) is 44.8 Å². The number of nitrogens with one attached hydrogen (secondary N) is 1. The Morgan fingerprint density at radius 3 is 2.68 bits per heavy atom. The predicted octanol–water partition coefficient (Wildman–Crippen LogP) is 4.43. The minimum Gasteiger partial charge on any atom is -0.493 e. The predicted molar refractivity (Wildman–Crippen MR) is 115 cm³/mol. The molecule has 2 aromatic heterocycles. The van der Waals surface area contributed by atoms with E-state index in [2.05, 4.69) is 20.0 Å². The Morgan fingerprint density at radius 2 is 2.00 bits per heavy atom. The summed E-state index contributed by atoms with van der Waals surface area (Å²) in [6, 6.07) is 7.35. The molecule has 1 N–H and O–H groups in total. The van der Waals surface area contributed by atoms with Gasteiger partial charge >= 0.3 is 12.2 Å². The number of alkyl halides is 3. The van der Waals surface area contributed by atoms with Gasteiger partial charge in [0.05, 0.1) is 17.7 Å². The van der Waals surface area contributed by atoms with Gasteiger partial charge in [0, 0.05) is 18.3 Å². The fraction of sp³-hybridized carbons (Fsp3) is 0.391. The van der Waals surface area contributed by atoms with Gasteiger partial charge in [0.2, 0.25) is 5.76 Å². The monoisotopic (exact) mass is 476 g/mol. The molecule has 0 radical (unpaired) electrons. The van der Waals surface area contributed by atoms with E-state index in [1.54, 1.807) is 31.3 Å². The van der Waals surface area contributed by atoms with Crippen LogP contribution in [0, 0.1) is 0 Å². The van der Waals surface area contributed by atoms with Crippen LogP contribution in [-0.2, 0) is 22.9 Å². The second-order valence-corrected chi connectivity index (χ2v) is 8.13. The van der Waals surface area contributed by atoms with Crippen LogP contribution in [0.4, 0.5) is 18.0 Å². The first kappa shape index (κ1) is 23.5. The second kappa shape index (κ2) is 8.96. The number of carbonyl (C=O) groups excluding carboxylic acids is 2. The summed E-state index contributed by atoms with van der Waals surface area (Å²) in [6.45, 7) is 3.75. The first-order valence-corrected chi connectivity index (χ1v) is 10.8. The van der Waals surface area contributed by atoms with Crippen molar-refractivity contribution in [2.75, 3.05) is 13.2 Å². The van der Waals surface area contributed by atoms with E-state index in [1.165, 1.54) is 12.1 Å². The number of halogens is 3. The maximum absolute atomic E-state index is 13.2. The van der Waals surface area contributed by atoms with Gasteiger partial charge in [-0.25, -0.2) is 4.79 Å². The number of carbonyl (C=O) groups is 2. The van der Waals surface area contributed by atoms with Crippen LogP contribution < -0.4 is 10.1 Å². The number of rotatable bonds is 8. The highest BCUT2D eigenvalue weighted by atomic mass is 19.4. The number of fused-ring (bicyclic) bond motifs is 1. The SMILES string of the molecule is CCCc1c(OCCCN2C(=O)NC(C)(c3ccccn3)C2=O)ccc2c(C(F)(F)F)onc12. The number of imide groups is 1. The fourth-order valence-electron chi connectivity index (χ4n) is 4.01. The Bertz CT molecular complexity index is 1210. The van der Waals surface area contributed by atoms with Crippen LogP contribution in [0.3, 0.4) is 0 Å². The molecule has 1 saturated heterocycles. The Balaban J connectivity index is 1.44. The molecule has 3 heterocycles. The van der Waals surface area contributed by atoms with Crippen molar-refractivity contribution in [3.8, 4) is 5.75 Å². The fourth-order valence-corrected chi connectivity index (χ4v) is 4.01. The van der Waals surface area contributed by atoms with Crippen LogP contribution in [0.15, 0.2) is 41.1 Å². The minimum absolute atomic E-state index is 0.112. The highest BCUT2D eigenvalue weighted by Gasteiger charge is 2.49. The van der Waals surface area contributed by atoms with E-state index >= 15 is 0 Å². The van der Waals surface area contributed by atoms with E-state index in [9.17, 15) is 22.8 Å². The maximum atomic E-state index is 13.2. The van der Waals surface area contributed by atoms with Crippen LogP contribution in [0.2, 0.25) is 0 Å². The molecule has 1 aliphatic heterocycles. The molecule has 1 atom stereocenters. The number of aryl methyl sites for hydroxylation is 1. The van der Waals surface area contributed by atoms with Gasteiger partial charge in [-0.15, -0.1) is 0 Å². The smallest absolute Gasteiger partial charge is 0.453 e. The second-order valence-electron chi connectivity index (χ2n) is 8.13. The van der Waals surface area contributed by atoms with E-state index in [0.717, 1.165) is 4.90 Å². The van der Waals surface area contributed by atoms with Crippen LogP contribution in [0.5, 0.6) is 5.75 Å². The number of urea groups is 1. The standard InChI is InChI=1S/C23H23F3N4O4/c1-3-7-14-16(10-9-15-18(14)29-34-19(15)23(24,25)26)33-13-6-12-30-20(31)22(2,28-21(30)32)17-8-4-5-11-27-17/h4-5,8-11H,3,6-7,12-13H2,1-2H3,(H,28,32). The summed E-state index contributed by atoms with van der Waals surface area (Å²) in [5, 5.41) is 6.21. The third kappa shape index (κ3) is 4.17. The van der Waals surface area contributed by atoms with Gasteiger partial charge in [0.25, 0.3) is 5.91 Å². The summed E-state index contributed by atoms with van der Waals surface area (Å²) >= 11 is 0. The lowest BCUT2D eigenvalue weighted by atomic mass is 9.97. The number of nitrogens with zero attached hydrogens (tertiary/aromatic N) is 3. The summed E-state index contributed by atoms with van der Waals surface area (Å²) in [6.07, 6.45) is -1.65. The van der Waals surface area contributed by atoms with Crippen molar-refractivity contribution >= 4 is 22.8 Å². The highest BCUT2D eigenvalue weighted by Crippen LogP contribution is 2.38. The summed E-state index contributed by atoms with van der Waals surface area (Å²) < 4.78 is 49.9. The van der Waals surface area contributed by atoms with Crippen molar-refractivity contribution in [1.82, 2.24) is 20.4 Å². The number of hydrogen-bond acceptors (Lipinski definition) is 6. The van der Waals surface area contributed by atoms with Crippen molar-refractivity contribution in [1.29, 1.82) is 0 Å². The molecule has 11 heteroatoms. The summed E-state index contributed by atoms with van der Waals surface area (Å²) in [5.41, 5.74) is -0.166. The Hall–Kier alpha value is -3.63. The number of aromatic nitrogens is 2. The molecule has 3 amide bonds. The van der Waals surface area contributed by atoms with E-state index in [1.807, 2.05) is 6.92 Å². The number of pyridine rings is 1. The van der Waals surface area contributed by atoms with Gasteiger partial charge in [-0.1, -0.05) is 24.6 Å². The van der Waals surface area contributed by atoms with E-state index in [-0.39, 0.29) is 24.1 Å². The Morgan fingerprint density at radius 1 is 1.21 bits per heavy atom. The summed E-state index contributed by atoms with van der Waals surface area (Å²) in [5.74, 6) is -1.15. The molecule has 0 bridgehead atoms. The Kier molecular flexibility index (Phi) is 6.20. The zero-order valence-electron chi connectivity index (χ0n) is 18.6. The van der Waals surface area contributed by atoms with Crippen molar-refractivity contribution in [3.05, 3.63) is 53.5 Å². The third-order valence-corrected chi connectivity index (χ3v) is 5.71. The van der Waals surface area contributed by atoms with Crippen LogP contribution >= 0.6 is 0 Å². The molecule has 0 aliphatic carbocycles. The Labute approximate surface area is 193 Å². The zero-order valence-corrected chi connectivity index (χ0v) is 18.6. The van der Waals surface area contributed by atoms with Gasteiger partial charge < -0.3 is 14.6 Å². The van der Waals surface area contributed by atoms with Crippen molar-refractivity contribution in [3.63, 3.8) is 0 Å². The van der Waals surface area contributed by atoms with E-state index in [4.69, 9.17) is 4.74 Å². The summed E-state index contributed by atoms with van der Waals surface area (Å²) in [7, 11) is 0. The molecular weight excluding hydrogens is 453 g/mol. The lowest BCUT2D eigenvalue weighted by Gasteiger charge is -2.21. The molecule has 4 rings (SSSR count). The number of ether oxygens (including phenoxy) is 1. The zero-order chi connectivity index (χ0) is 24.5. The van der Waals surface area contributed by atoms with Crippen molar-refractivity contribution in [2.24, 2.45) is 0 Å². The van der Waals surface area contributed by atoms with Crippen LogP contribution in [0.25, 0.3) is 10.9 Å². The average molecular weight is 476 g/mol. The molecule has 34 heavy (non-hydrogen) atoms. The number of benzene rings is 1. The quantitative estimate of drug-likeness (QED) is 0.382.